The van der Waals surface area contributed by atoms with E-state index in [2.05, 4.69) is 20.8 Å². The highest BCUT2D eigenvalue weighted by Crippen LogP contribution is 2.54. The molecule has 3 unspecified atom stereocenters. The van der Waals surface area contributed by atoms with E-state index in [1.165, 1.54) is 6.42 Å². The van der Waals surface area contributed by atoms with Gasteiger partial charge in [-0.1, -0.05) is 34.6 Å². The predicted molar refractivity (Wildman–Crippen MR) is 47.6 cm³/mol. The number of hydrogen-bond donors (Lipinski definition) is 0. The van der Waals surface area contributed by atoms with Crippen LogP contribution in [0.15, 0.2) is 0 Å². The minimum atomic E-state index is 0.499. The maximum absolute atomic E-state index is 5.58. The van der Waals surface area contributed by atoms with E-state index in [1.807, 2.05) is 13.8 Å². The van der Waals surface area contributed by atoms with Crippen molar-refractivity contribution in [2.24, 2.45) is 11.3 Å². The molecule has 0 amide bonds. The zero-order chi connectivity index (χ0) is 8.65. The topological polar surface area (TPSA) is 9.23 Å². The third-order valence-electron chi connectivity index (χ3n) is 2.98. The molecule has 3 atom stereocenters. The van der Waals surface area contributed by atoms with Crippen LogP contribution in [0.1, 0.15) is 41.0 Å². The van der Waals surface area contributed by atoms with Crippen molar-refractivity contribution in [2.75, 3.05) is 0 Å². The molecule has 1 heteroatoms. The Labute approximate surface area is 70.1 Å². The highest BCUT2D eigenvalue weighted by atomic mass is 16.5. The van der Waals surface area contributed by atoms with Crippen molar-refractivity contribution < 1.29 is 4.74 Å². The van der Waals surface area contributed by atoms with E-state index in [1.54, 1.807) is 0 Å². The largest absolute Gasteiger partial charge is 0.373 e. The average molecular weight is 156 g/mol. The van der Waals surface area contributed by atoms with E-state index < -0.39 is 0 Å². The van der Waals surface area contributed by atoms with Crippen LogP contribution in [0.2, 0.25) is 0 Å². The summed E-state index contributed by atoms with van der Waals surface area (Å²) in [4.78, 5) is 0. The Morgan fingerprint density at radius 1 is 1.27 bits per heavy atom. The Morgan fingerprint density at radius 3 is 1.91 bits per heavy atom. The summed E-state index contributed by atoms with van der Waals surface area (Å²) in [5.74, 6) is 0.810. The predicted octanol–water partition coefficient (Wildman–Crippen LogP) is 2.85. The molecule has 1 saturated carbocycles. The van der Waals surface area contributed by atoms with Gasteiger partial charge in [0.15, 0.2) is 0 Å². The second-order valence-corrected chi connectivity index (χ2v) is 4.08. The summed E-state index contributed by atoms with van der Waals surface area (Å²) >= 11 is 0. The van der Waals surface area contributed by atoms with Crippen molar-refractivity contribution in [1.29, 1.82) is 0 Å². The van der Waals surface area contributed by atoms with Gasteiger partial charge in [-0.25, -0.2) is 0 Å². The first kappa shape index (κ1) is 9.05. The van der Waals surface area contributed by atoms with Crippen LogP contribution in [0.3, 0.4) is 0 Å². The molecule has 0 N–H and O–H groups in total. The zero-order valence-electron chi connectivity index (χ0n) is 8.35. The van der Waals surface area contributed by atoms with Gasteiger partial charge < -0.3 is 4.74 Å². The fourth-order valence-corrected chi connectivity index (χ4v) is 2.33. The minimum absolute atomic E-state index is 0.499. The van der Waals surface area contributed by atoms with Crippen molar-refractivity contribution in [3.8, 4) is 0 Å². The zero-order valence-corrected chi connectivity index (χ0v) is 8.35. The molecule has 0 aromatic rings. The SMILES string of the molecule is CC.CC1CC2OC1C2(C)C. The summed E-state index contributed by atoms with van der Waals surface area (Å²) in [7, 11) is 0. The highest BCUT2D eigenvalue weighted by Gasteiger charge is 2.58. The molecule has 1 nitrogen and oxygen atoms in total. The Kier molecular flexibility index (Phi) is 2.29. The lowest BCUT2D eigenvalue weighted by Gasteiger charge is -2.44. The quantitative estimate of drug-likeness (QED) is 0.524. The average Bonchev–Trinajstić information content (AvgIpc) is 2.46. The second-order valence-electron chi connectivity index (χ2n) is 4.08. The molecule has 0 radical (unpaired) electrons. The number of ether oxygens (including phenoxy) is 1. The highest BCUT2D eigenvalue weighted by molar-refractivity contribution is 5.06. The minimum Gasteiger partial charge on any atom is -0.373 e. The first-order chi connectivity index (χ1) is 5.12. The Morgan fingerprint density at radius 2 is 1.82 bits per heavy atom. The second kappa shape index (κ2) is 2.78. The van der Waals surface area contributed by atoms with Crippen molar-refractivity contribution in [3.05, 3.63) is 0 Å². The monoisotopic (exact) mass is 156 g/mol. The lowest BCUT2D eigenvalue weighted by molar-refractivity contribution is -0.190. The van der Waals surface area contributed by atoms with E-state index in [0.29, 0.717) is 17.6 Å². The van der Waals surface area contributed by atoms with Gasteiger partial charge in [0, 0.05) is 5.41 Å². The molecular weight excluding hydrogens is 136 g/mol. The lowest BCUT2D eigenvalue weighted by Crippen LogP contribution is -2.49. The summed E-state index contributed by atoms with van der Waals surface area (Å²) in [6, 6.07) is 0. The van der Waals surface area contributed by atoms with Gasteiger partial charge >= 0.3 is 0 Å². The molecule has 2 bridgehead atoms. The summed E-state index contributed by atoms with van der Waals surface area (Å²) < 4.78 is 5.58. The molecule has 3 rings (SSSR count). The third-order valence-corrected chi connectivity index (χ3v) is 2.98. The van der Waals surface area contributed by atoms with Crippen LogP contribution >= 0.6 is 0 Å². The summed E-state index contributed by atoms with van der Waals surface area (Å²) in [5, 5.41) is 0. The molecular formula is C10H20O. The van der Waals surface area contributed by atoms with Gasteiger partial charge in [-0.15, -0.1) is 0 Å². The smallest absolute Gasteiger partial charge is 0.0681 e. The Hall–Kier alpha value is -0.0400. The van der Waals surface area contributed by atoms with Crippen LogP contribution in [0, 0.1) is 11.3 Å². The molecule has 0 aromatic heterocycles. The maximum atomic E-state index is 5.58. The molecule has 3 fully saturated rings. The van der Waals surface area contributed by atoms with Gasteiger partial charge in [0.1, 0.15) is 0 Å². The first-order valence-corrected chi connectivity index (χ1v) is 4.78. The van der Waals surface area contributed by atoms with E-state index in [-0.39, 0.29) is 0 Å². The van der Waals surface area contributed by atoms with E-state index in [0.717, 1.165) is 5.92 Å². The molecule has 0 spiro atoms. The van der Waals surface area contributed by atoms with Crippen LogP contribution in [0.5, 0.6) is 0 Å². The Bertz CT molecular complexity index is 140. The van der Waals surface area contributed by atoms with Gasteiger partial charge in [-0.2, -0.15) is 0 Å². The number of hydrogen-bond acceptors (Lipinski definition) is 1. The maximum Gasteiger partial charge on any atom is 0.0681 e. The van der Waals surface area contributed by atoms with E-state index in [4.69, 9.17) is 4.74 Å². The molecule has 1 aliphatic carbocycles. The summed E-state index contributed by atoms with van der Waals surface area (Å²) in [5.41, 5.74) is 0.499. The van der Waals surface area contributed by atoms with Crippen molar-refractivity contribution in [3.63, 3.8) is 0 Å². The van der Waals surface area contributed by atoms with Crippen LogP contribution in [0.4, 0.5) is 0 Å². The lowest BCUT2D eigenvalue weighted by atomic mass is 9.81. The van der Waals surface area contributed by atoms with Gasteiger partial charge in [0.25, 0.3) is 0 Å². The van der Waals surface area contributed by atoms with Gasteiger partial charge in [0.2, 0.25) is 0 Å². The van der Waals surface area contributed by atoms with Crippen molar-refractivity contribution in [1.82, 2.24) is 0 Å². The van der Waals surface area contributed by atoms with Crippen molar-refractivity contribution >= 4 is 0 Å². The number of rotatable bonds is 0. The summed E-state index contributed by atoms with van der Waals surface area (Å²) in [6.45, 7) is 10.9. The van der Waals surface area contributed by atoms with Gasteiger partial charge in [-0.3, -0.25) is 0 Å². The van der Waals surface area contributed by atoms with Crippen LogP contribution in [-0.2, 0) is 4.74 Å². The molecule has 0 aromatic carbocycles. The molecule has 2 saturated heterocycles. The fraction of sp³-hybridized carbons (Fsp3) is 1.00. The summed E-state index contributed by atoms with van der Waals surface area (Å²) in [6.07, 6.45) is 2.44. The molecule has 11 heavy (non-hydrogen) atoms. The molecule has 2 aliphatic heterocycles. The standard InChI is InChI=1S/C8H14O.C2H6/c1-5-4-6-8(2,3)7(5)9-6;1-2/h5-7H,4H2,1-3H3;1-2H3. The normalized spacial score (nSPS) is 43.9. The Balaban J connectivity index is 0.000000281. The third kappa shape index (κ3) is 1.10. The molecule has 3 aliphatic rings. The molecule has 66 valence electrons. The van der Waals surface area contributed by atoms with Crippen molar-refractivity contribution in [2.45, 2.75) is 53.2 Å². The van der Waals surface area contributed by atoms with Crippen LogP contribution in [0.25, 0.3) is 0 Å². The van der Waals surface area contributed by atoms with E-state index in [9.17, 15) is 0 Å². The van der Waals surface area contributed by atoms with Gasteiger partial charge in [0.05, 0.1) is 12.2 Å². The molecule has 2 heterocycles. The first-order valence-electron chi connectivity index (χ1n) is 4.78. The van der Waals surface area contributed by atoms with Crippen LogP contribution in [-0.4, -0.2) is 12.2 Å². The number of fused-ring (bicyclic) bond motifs is 1. The van der Waals surface area contributed by atoms with E-state index >= 15 is 0 Å². The fourth-order valence-electron chi connectivity index (χ4n) is 2.33. The van der Waals surface area contributed by atoms with Crippen LogP contribution < -0.4 is 0 Å². The van der Waals surface area contributed by atoms with Gasteiger partial charge in [-0.05, 0) is 12.3 Å².